The lowest BCUT2D eigenvalue weighted by Gasteiger charge is -2.11. The lowest BCUT2D eigenvalue weighted by Crippen LogP contribution is -2.20. The number of anilines is 1. The fourth-order valence-electron chi connectivity index (χ4n) is 2.91. The molecule has 0 saturated carbocycles. The molecule has 0 spiro atoms. The Kier molecular flexibility index (Phi) is 3.94. The molecule has 1 amide bonds. The van der Waals surface area contributed by atoms with Gasteiger partial charge in [0, 0.05) is 37.3 Å². The molecule has 5 heteroatoms. The predicted octanol–water partition coefficient (Wildman–Crippen LogP) is 3.22. The number of para-hydroxylation sites is 1. The number of aryl methyl sites for hydroxylation is 3. The lowest BCUT2D eigenvalue weighted by atomic mass is 10.00. The van der Waals surface area contributed by atoms with Crippen LogP contribution in [0, 0.1) is 0 Å². The Morgan fingerprint density at radius 2 is 2.04 bits per heavy atom. The molecule has 0 aliphatic rings. The number of nitrogens with zero attached hydrogens (tertiary/aromatic N) is 3. The Labute approximate surface area is 135 Å². The number of nitrogens with one attached hydrogen (secondary N) is 1. The van der Waals surface area contributed by atoms with Crippen LogP contribution in [-0.2, 0) is 25.3 Å². The summed E-state index contributed by atoms with van der Waals surface area (Å²) in [5.74, 6) is 0.479. The summed E-state index contributed by atoms with van der Waals surface area (Å²) in [7, 11) is 3.85. The molecule has 5 nitrogen and oxygen atoms in total. The highest BCUT2D eigenvalue weighted by Crippen LogP contribution is 2.28. The van der Waals surface area contributed by atoms with Gasteiger partial charge in [0.15, 0.2) is 0 Å². The van der Waals surface area contributed by atoms with Gasteiger partial charge in [-0.05, 0) is 25.0 Å². The highest BCUT2D eigenvalue weighted by atomic mass is 16.2. The number of fused-ring (bicyclic) bond motifs is 1. The van der Waals surface area contributed by atoms with E-state index in [0.717, 1.165) is 34.4 Å². The summed E-state index contributed by atoms with van der Waals surface area (Å²) in [5, 5.41) is 8.48. The normalized spacial score (nSPS) is 12.5. The van der Waals surface area contributed by atoms with Crippen LogP contribution in [0.25, 0.3) is 10.9 Å². The van der Waals surface area contributed by atoms with Crippen LogP contribution in [0.2, 0.25) is 0 Å². The highest BCUT2D eigenvalue weighted by Gasteiger charge is 2.21. The molecule has 23 heavy (non-hydrogen) atoms. The molecule has 1 atom stereocenters. The molecule has 1 unspecified atom stereocenters. The number of amides is 1. The van der Waals surface area contributed by atoms with Crippen LogP contribution in [0.1, 0.15) is 31.0 Å². The first kappa shape index (κ1) is 15.3. The smallest absolute Gasteiger partial charge is 0.232 e. The molecule has 3 aromatic rings. The zero-order chi connectivity index (χ0) is 16.6. The first-order valence-electron chi connectivity index (χ1n) is 7.89. The summed E-state index contributed by atoms with van der Waals surface area (Å²) in [6.07, 6.45) is 2.89. The summed E-state index contributed by atoms with van der Waals surface area (Å²) in [5.41, 5.74) is 3.15. The van der Waals surface area contributed by atoms with Gasteiger partial charge in [-0.3, -0.25) is 9.48 Å². The topological polar surface area (TPSA) is 51.9 Å². The maximum atomic E-state index is 12.7. The van der Waals surface area contributed by atoms with Crippen LogP contribution in [0.3, 0.4) is 0 Å². The lowest BCUT2D eigenvalue weighted by molar-refractivity contribution is -0.117. The van der Waals surface area contributed by atoms with E-state index in [2.05, 4.69) is 27.1 Å². The maximum absolute atomic E-state index is 12.7. The van der Waals surface area contributed by atoms with Crippen molar-refractivity contribution in [1.29, 1.82) is 0 Å². The molecule has 0 radical (unpaired) electrons. The fraction of sp³-hybridized carbons (Fsp3) is 0.333. The molecule has 0 bridgehead atoms. The van der Waals surface area contributed by atoms with Gasteiger partial charge in [0.05, 0.1) is 11.6 Å². The molecule has 1 aromatic carbocycles. The van der Waals surface area contributed by atoms with Gasteiger partial charge < -0.3 is 9.88 Å². The minimum Gasteiger partial charge on any atom is -0.350 e. The summed E-state index contributed by atoms with van der Waals surface area (Å²) in [6.45, 7) is 3.99. The highest BCUT2D eigenvalue weighted by molar-refractivity contribution is 5.98. The molecular weight excluding hydrogens is 288 g/mol. The Hall–Kier alpha value is -2.56. The largest absolute Gasteiger partial charge is 0.350 e. The zero-order valence-electron chi connectivity index (χ0n) is 14.0. The van der Waals surface area contributed by atoms with Crippen LogP contribution in [0.4, 0.5) is 5.82 Å². The SMILES string of the molecule is CCc1cc(NC(=O)C(C)c2cn(C)c3ccccc23)n(C)n1. The van der Waals surface area contributed by atoms with Crippen molar-refractivity contribution in [2.24, 2.45) is 14.1 Å². The summed E-state index contributed by atoms with van der Waals surface area (Å²) in [4.78, 5) is 12.7. The minimum absolute atomic E-state index is 0.0213. The molecule has 2 aromatic heterocycles. The number of benzene rings is 1. The molecule has 120 valence electrons. The van der Waals surface area contributed by atoms with Crippen molar-refractivity contribution in [2.75, 3.05) is 5.32 Å². The Morgan fingerprint density at radius 3 is 2.74 bits per heavy atom. The quantitative estimate of drug-likeness (QED) is 0.804. The molecule has 1 N–H and O–H groups in total. The number of carbonyl (C=O) groups excluding carboxylic acids is 1. The van der Waals surface area contributed by atoms with Crippen molar-refractivity contribution in [2.45, 2.75) is 26.2 Å². The van der Waals surface area contributed by atoms with E-state index in [1.54, 1.807) is 4.68 Å². The van der Waals surface area contributed by atoms with Crippen LogP contribution in [0.5, 0.6) is 0 Å². The molecule has 0 saturated heterocycles. The van der Waals surface area contributed by atoms with Crippen molar-refractivity contribution >= 4 is 22.6 Å². The molecular formula is C18H22N4O. The van der Waals surface area contributed by atoms with Crippen LogP contribution >= 0.6 is 0 Å². The van der Waals surface area contributed by atoms with E-state index >= 15 is 0 Å². The zero-order valence-corrected chi connectivity index (χ0v) is 14.0. The third-order valence-electron chi connectivity index (χ3n) is 4.33. The van der Waals surface area contributed by atoms with Crippen molar-refractivity contribution in [3.63, 3.8) is 0 Å². The van der Waals surface area contributed by atoms with E-state index in [9.17, 15) is 4.79 Å². The first-order chi connectivity index (χ1) is 11.0. The average molecular weight is 310 g/mol. The summed E-state index contributed by atoms with van der Waals surface area (Å²) >= 11 is 0. The van der Waals surface area contributed by atoms with Gasteiger partial charge in [0.2, 0.25) is 5.91 Å². The van der Waals surface area contributed by atoms with E-state index in [0.29, 0.717) is 0 Å². The standard InChI is InChI=1S/C18H22N4O/c1-5-13-10-17(22(4)20-13)19-18(23)12(2)15-11-21(3)16-9-7-6-8-14(15)16/h6-12H,5H2,1-4H3,(H,19,23). The summed E-state index contributed by atoms with van der Waals surface area (Å²) < 4.78 is 3.78. The van der Waals surface area contributed by atoms with Gasteiger partial charge in [0.25, 0.3) is 0 Å². The van der Waals surface area contributed by atoms with Crippen molar-refractivity contribution in [1.82, 2.24) is 14.3 Å². The number of carbonyl (C=O) groups is 1. The number of rotatable bonds is 4. The van der Waals surface area contributed by atoms with Crippen molar-refractivity contribution in [3.05, 3.63) is 47.8 Å². The van der Waals surface area contributed by atoms with E-state index in [1.165, 1.54) is 0 Å². The van der Waals surface area contributed by atoms with Crippen LogP contribution in [0.15, 0.2) is 36.5 Å². The van der Waals surface area contributed by atoms with Gasteiger partial charge in [-0.25, -0.2) is 0 Å². The van der Waals surface area contributed by atoms with E-state index in [4.69, 9.17) is 0 Å². The van der Waals surface area contributed by atoms with E-state index < -0.39 is 0 Å². The fourth-order valence-corrected chi connectivity index (χ4v) is 2.91. The third-order valence-corrected chi connectivity index (χ3v) is 4.33. The van der Waals surface area contributed by atoms with Crippen LogP contribution in [-0.4, -0.2) is 20.3 Å². The van der Waals surface area contributed by atoms with Gasteiger partial charge >= 0.3 is 0 Å². The van der Waals surface area contributed by atoms with Gasteiger partial charge in [-0.2, -0.15) is 5.10 Å². The predicted molar refractivity (Wildman–Crippen MR) is 92.5 cm³/mol. The Bertz CT molecular complexity index is 859. The second-order valence-electron chi connectivity index (χ2n) is 5.92. The molecule has 0 aliphatic carbocycles. The van der Waals surface area contributed by atoms with Crippen molar-refractivity contribution < 1.29 is 4.79 Å². The maximum Gasteiger partial charge on any atom is 0.232 e. The Balaban J connectivity index is 1.88. The average Bonchev–Trinajstić information content (AvgIpc) is 3.08. The van der Waals surface area contributed by atoms with Crippen LogP contribution < -0.4 is 5.32 Å². The molecule has 3 rings (SSSR count). The van der Waals surface area contributed by atoms with Gasteiger partial charge in [0.1, 0.15) is 5.82 Å². The Morgan fingerprint density at radius 1 is 1.30 bits per heavy atom. The monoisotopic (exact) mass is 310 g/mol. The van der Waals surface area contributed by atoms with Gasteiger partial charge in [-0.1, -0.05) is 25.1 Å². The minimum atomic E-state index is -0.235. The van der Waals surface area contributed by atoms with E-state index in [-0.39, 0.29) is 11.8 Å². The molecule has 2 heterocycles. The first-order valence-corrected chi connectivity index (χ1v) is 7.89. The summed E-state index contributed by atoms with van der Waals surface area (Å²) in [6, 6.07) is 10.1. The molecule has 0 aliphatic heterocycles. The second kappa shape index (κ2) is 5.91. The third kappa shape index (κ3) is 2.74. The number of aromatic nitrogens is 3. The number of hydrogen-bond acceptors (Lipinski definition) is 2. The van der Waals surface area contributed by atoms with Crippen molar-refractivity contribution in [3.8, 4) is 0 Å². The number of hydrogen-bond donors (Lipinski definition) is 1. The van der Waals surface area contributed by atoms with Gasteiger partial charge in [-0.15, -0.1) is 0 Å². The van der Waals surface area contributed by atoms with E-state index in [1.807, 2.05) is 52.3 Å². The second-order valence-corrected chi connectivity index (χ2v) is 5.92. The molecule has 0 fully saturated rings.